The van der Waals surface area contributed by atoms with Crippen molar-refractivity contribution in [2.75, 3.05) is 26.2 Å². The third kappa shape index (κ3) is 7.24. The Kier molecular flexibility index (Phi) is 8.39. The fourth-order valence-electron chi connectivity index (χ4n) is 2.60. The maximum atomic E-state index is 9.86. The quantitative estimate of drug-likeness (QED) is 0.827. The van der Waals surface area contributed by atoms with Gasteiger partial charge in [0.05, 0.1) is 18.8 Å². The molecule has 1 aliphatic heterocycles. The van der Waals surface area contributed by atoms with E-state index in [4.69, 9.17) is 4.74 Å². The van der Waals surface area contributed by atoms with Gasteiger partial charge in [0.15, 0.2) is 0 Å². The predicted molar refractivity (Wildman–Crippen MR) is 73.7 cm³/mol. The zero-order valence-electron chi connectivity index (χ0n) is 11.6. The van der Waals surface area contributed by atoms with E-state index in [0.29, 0.717) is 6.61 Å². The molecule has 104 valence electrons. The number of halogens is 1. The second-order valence-electron chi connectivity index (χ2n) is 5.70. The second kappa shape index (κ2) is 8.30. The molecule has 0 radical (unpaired) electrons. The number of rotatable bonds is 5. The van der Waals surface area contributed by atoms with Crippen molar-refractivity contribution in [3.8, 4) is 0 Å². The summed E-state index contributed by atoms with van der Waals surface area (Å²) in [6.07, 6.45) is 1.17. The van der Waals surface area contributed by atoms with Gasteiger partial charge < -0.3 is 14.7 Å². The number of piperidine rings is 1. The Bertz CT molecular complexity index is 192. The van der Waals surface area contributed by atoms with E-state index in [-0.39, 0.29) is 24.6 Å². The summed E-state index contributed by atoms with van der Waals surface area (Å²) in [5.41, 5.74) is 0. The molecule has 0 bridgehead atoms. The Morgan fingerprint density at radius 3 is 2.24 bits per heavy atom. The van der Waals surface area contributed by atoms with Gasteiger partial charge in [-0.15, -0.1) is 12.4 Å². The maximum absolute atomic E-state index is 9.86. The highest BCUT2D eigenvalue weighted by atomic mass is 35.5. The Hall–Kier alpha value is 0.170. The first-order valence-corrected chi connectivity index (χ1v) is 6.49. The predicted octanol–water partition coefficient (Wildman–Crippen LogP) is 2.17. The molecular weight excluding hydrogens is 238 g/mol. The molecule has 0 spiro atoms. The maximum Gasteiger partial charge on any atom is 0.0900 e. The summed E-state index contributed by atoms with van der Waals surface area (Å²) in [6.45, 7) is 12.0. The molecule has 1 heterocycles. The number of β-amino-alcohol motifs (C(OH)–C–C–N with tert-alkyl or cyclic N) is 1. The van der Waals surface area contributed by atoms with Gasteiger partial charge in [-0.25, -0.2) is 0 Å². The van der Waals surface area contributed by atoms with Gasteiger partial charge in [-0.05, 0) is 32.1 Å². The van der Waals surface area contributed by atoms with Crippen molar-refractivity contribution in [1.29, 1.82) is 0 Å². The lowest BCUT2D eigenvalue weighted by Crippen LogP contribution is -2.43. The molecule has 1 aliphatic rings. The third-order valence-electron chi connectivity index (χ3n) is 3.04. The van der Waals surface area contributed by atoms with Gasteiger partial charge >= 0.3 is 0 Å². The first-order valence-electron chi connectivity index (χ1n) is 6.49. The molecule has 3 unspecified atom stereocenters. The lowest BCUT2D eigenvalue weighted by atomic mass is 9.92. The van der Waals surface area contributed by atoms with Gasteiger partial charge in [-0.1, -0.05) is 13.8 Å². The molecule has 4 heteroatoms. The number of aliphatic hydroxyl groups excluding tert-OH is 1. The van der Waals surface area contributed by atoms with Crippen LogP contribution in [0.5, 0.6) is 0 Å². The minimum Gasteiger partial charge on any atom is -0.389 e. The highest BCUT2D eigenvalue weighted by molar-refractivity contribution is 5.85. The summed E-state index contributed by atoms with van der Waals surface area (Å²) in [4.78, 5) is 2.37. The zero-order valence-corrected chi connectivity index (χ0v) is 12.4. The summed E-state index contributed by atoms with van der Waals surface area (Å²) >= 11 is 0. The lowest BCUT2D eigenvalue weighted by Gasteiger charge is -2.36. The minimum atomic E-state index is -0.347. The van der Waals surface area contributed by atoms with E-state index in [1.165, 1.54) is 6.42 Å². The molecule has 0 aromatic rings. The van der Waals surface area contributed by atoms with Crippen LogP contribution in [0.15, 0.2) is 0 Å². The largest absolute Gasteiger partial charge is 0.389 e. The average Bonchev–Trinajstić information content (AvgIpc) is 2.12. The Morgan fingerprint density at radius 1 is 1.24 bits per heavy atom. The number of nitrogens with zero attached hydrogens (tertiary/aromatic N) is 1. The van der Waals surface area contributed by atoms with E-state index in [0.717, 1.165) is 31.5 Å². The monoisotopic (exact) mass is 265 g/mol. The van der Waals surface area contributed by atoms with Crippen LogP contribution in [0.2, 0.25) is 0 Å². The van der Waals surface area contributed by atoms with Crippen LogP contribution in [0.25, 0.3) is 0 Å². The molecule has 0 saturated carbocycles. The standard InChI is InChI=1S/C13H27NO2.ClH/c1-10(2)16-9-13(15)8-14-6-11(3)5-12(4)7-14;/h10-13,15H,5-9H2,1-4H3;1H. The molecular formula is C13H28ClNO2. The van der Waals surface area contributed by atoms with Gasteiger partial charge in [-0.2, -0.15) is 0 Å². The zero-order chi connectivity index (χ0) is 12.1. The normalized spacial score (nSPS) is 27.9. The Labute approximate surface area is 112 Å². The van der Waals surface area contributed by atoms with E-state index < -0.39 is 0 Å². The summed E-state index contributed by atoms with van der Waals surface area (Å²) in [6, 6.07) is 0. The Balaban J connectivity index is 0.00000256. The number of aliphatic hydroxyl groups is 1. The summed E-state index contributed by atoms with van der Waals surface area (Å²) in [5.74, 6) is 1.50. The average molecular weight is 266 g/mol. The van der Waals surface area contributed by atoms with E-state index >= 15 is 0 Å². The van der Waals surface area contributed by atoms with Crippen molar-refractivity contribution in [2.45, 2.75) is 46.3 Å². The van der Waals surface area contributed by atoms with Crippen molar-refractivity contribution in [1.82, 2.24) is 4.90 Å². The topological polar surface area (TPSA) is 32.7 Å². The SMILES string of the molecule is CC1CC(C)CN(CC(O)COC(C)C)C1.Cl. The van der Waals surface area contributed by atoms with Crippen molar-refractivity contribution in [3.05, 3.63) is 0 Å². The molecule has 1 N–H and O–H groups in total. The van der Waals surface area contributed by atoms with Crippen LogP contribution in [0.3, 0.4) is 0 Å². The molecule has 0 amide bonds. The van der Waals surface area contributed by atoms with Crippen LogP contribution in [-0.4, -0.2) is 48.5 Å². The van der Waals surface area contributed by atoms with Crippen LogP contribution < -0.4 is 0 Å². The van der Waals surface area contributed by atoms with Gasteiger partial charge in [0.25, 0.3) is 0 Å². The number of hydrogen-bond acceptors (Lipinski definition) is 3. The van der Waals surface area contributed by atoms with Gasteiger partial charge in [0, 0.05) is 19.6 Å². The number of ether oxygens (including phenoxy) is 1. The molecule has 0 aliphatic carbocycles. The van der Waals surface area contributed by atoms with Crippen molar-refractivity contribution in [3.63, 3.8) is 0 Å². The molecule has 3 nitrogen and oxygen atoms in total. The van der Waals surface area contributed by atoms with Crippen LogP contribution >= 0.6 is 12.4 Å². The van der Waals surface area contributed by atoms with E-state index in [9.17, 15) is 5.11 Å². The number of hydrogen-bond donors (Lipinski definition) is 1. The second-order valence-corrected chi connectivity index (χ2v) is 5.70. The van der Waals surface area contributed by atoms with Crippen molar-refractivity contribution in [2.24, 2.45) is 11.8 Å². The fourth-order valence-corrected chi connectivity index (χ4v) is 2.60. The molecule has 1 fully saturated rings. The third-order valence-corrected chi connectivity index (χ3v) is 3.04. The highest BCUT2D eigenvalue weighted by Crippen LogP contribution is 2.20. The fraction of sp³-hybridized carbons (Fsp3) is 1.00. The molecule has 17 heavy (non-hydrogen) atoms. The molecule has 1 saturated heterocycles. The summed E-state index contributed by atoms with van der Waals surface area (Å²) in [7, 11) is 0. The van der Waals surface area contributed by atoms with E-state index in [2.05, 4.69) is 18.7 Å². The van der Waals surface area contributed by atoms with Crippen LogP contribution in [0, 0.1) is 11.8 Å². The lowest BCUT2D eigenvalue weighted by molar-refractivity contribution is -0.0164. The van der Waals surface area contributed by atoms with Crippen LogP contribution in [0.4, 0.5) is 0 Å². The summed E-state index contributed by atoms with van der Waals surface area (Å²) in [5, 5.41) is 9.86. The first kappa shape index (κ1) is 17.2. The van der Waals surface area contributed by atoms with Gasteiger partial charge in [0.2, 0.25) is 0 Å². The Morgan fingerprint density at radius 2 is 1.76 bits per heavy atom. The smallest absolute Gasteiger partial charge is 0.0900 e. The van der Waals surface area contributed by atoms with Gasteiger partial charge in [0.1, 0.15) is 0 Å². The van der Waals surface area contributed by atoms with Crippen LogP contribution in [0.1, 0.15) is 34.1 Å². The minimum absolute atomic E-state index is 0. The van der Waals surface area contributed by atoms with Crippen LogP contribution in [-0.2, 0) is 4.74 Å². The van der Waals surface area contributed by atoms with Gasteiger partial charge in [-0.3, -0.25) is 0 Å². The summed E-state index contributed by atoms with van der Waals surface area (Å²) < 4.78 is 5.42. The number of likely N-dealkylation sites (tertiary alicyclic amines) is 1. The molecule has 1 rings (SSSR count). The molecule has 3 atom stereocenters. The highest BCUT2D eigenvalue weighted by Gasteiger charge is 2.23. The van der Waals surface area contributed by atoms with E-state index in [1.54, 1.807) is 0 Å². The molecule has 0 aromatic heterocycles. The van der Waals surface area contributed by atoms with Crippen molar-refractivity contribution >= 4 is 12.4 Å². The first-order chi connectivity index (χ1) is 7.47. The van der Waals surface area contributed by atoms with Crippen molar-refractivity contribution < 1.29 is 9.84 Å². The molecule has 0 aromatic carbocycles. The van der Waals surface area contributed by atoms with E-state index in [1.807, 2.05) is 13.8 Å².